The van der Waals surface area contributed by atoms with Crippen LogP contribution in [-0.2, 0) is 11.2 Å². The summed E-state index contributed by atoms with van der Waals surface area (Å²) in [4.78, 5) is 24.3. The minimum absolute atomic E-state index is 0.131. The van der Waals surface area contributed by atoms with Crippen LogP contribution >= 0.6 is 11.3 Å². The topological polar surface area (TPSA) is 66.4 Å². The van der Waals surface area contributed by atoms with Gasteiger partial charge in [0.1, 0.15) is 0 Å². The van der Waals surface area contributed by atoms with Gasteiger partial charge in [0.05, 0.1) is 4.88 Å². The largest absolute Gasteiger partial charge is 0.478 e. The average molecular weight is 301 g/mol. The number of amides is 1. The van der Waals surface area contributed by atoms with Crippen molar-refractivity contribution in [2.45, 2.75) is 13.3 Å². The van der Waals surface area contributed by atoms with Crippen LogP contribution in [0.3, 0.4) is 0 Å². The molecule has 0 saturated heterocycles. The van der Waals surface area contributed by atoms with E-state index in [1.807, 2.05) is 12.1 Å². The Hall–Kier alpha value is -2.40. The smallest absolute Gasteiger partial charge is 0.328 e. The summed E-state index contributed by atoms with van der Waals surface area (Å²) in [7, 11) is 0. The van der Waals surface area contributed by atoms with Crippen molar-refractivity contribution in [2.75, 3.05) is 5.32 Å². The average Bonchev–Trinajstić information content (AvgIpc) is 2.95. The molecule has 0 spiro atoms. The van der Waals surface area contributed by atoms with Crippen LogP contribution in [0.5, 0.6) is 0 Å². The Kier molecular flexibility index (Phi) is 4.90. The quantitative estimate of drug-likeness (QED) is 0.828. The molecule has 0 aliphatic rings. The summed E-state index contributed by atoms with van der Waals surface area (Å²) in [6, 6.07) is 10.8. The second-order valence-corrected chi connectivity index (χ2v) is 5.54. The molecule has 0 aliphatic carbocycles. The van der Waals surface area contributed by atoms with Crippen molar-refractivity contribution in [3.05, 3.63) is 57.8 Å². The maximum absolute atomic E-state index is 12.1. The first-order valence-electron chi connectivity index (χ1n) is 6.49. The Balaban J connectivity index is 2.02. The van der Waals surface area contributed by atoms with Gasteiger partial charge in [-0.1, -0.05) is 19.1 Å². The van der Waals surface area contributed by atoms with Crippen molar-refractivity contribution in [1.29, 1.82) is 0 Å². The Morgan fingerprint density at radius 1 is 1.19 bits per heavy atom. The highest BCUT2D eigenvalue weighted by atomic mass is 32.1. The molecule has 1 heterocycles. The molecule has 0 bridgehead atoms. The maximum atomic E-state index is 12.1. The summed E-state index contributed by atoms with van der Waals surface area (Å²) >= 11 is 1.49. The predicted molar refractivity (Wildman–Crippen MR) is 84.8 cm³/mol. The zero-order chi connectivity index (χ0) is 15.2. The number of hydrogen-bond donors (Lipinski definition) is 2. The highest BCUT2D eigenvalue weighted by molar-refractivity contribution is 7.14. The lowest BCUT2D eigenvalue weighted by Gasteiger charge is -2.03. The molecule has 0 saturated carbocycles. The fraction of sp³-hybridized carbons (Fsp3) is 0.125. The number of thiophene rings is 1. The van der Waals surface area contributed by atoms with Gasteiger partial charge in [-0.05, 0) is 42.3 Å². The van der Waals surface area contributed by atoms with E-state index in [0.29, 0.717) is 10.6 Å². The SMILES string of the molecule is CCc1ccc(C(=O)Nc2ccc(/C=C/C(=O)O)cc2)s1. The molecule has 0 radical (unpaired) electrons. The van der Waals surface area contributed by atoms with Crippen molar-refractivity contribution in [1.82, 2.24) is 0 Å². The normalized spacial score (nSPS) is 10.7. The van der Waals surface area contributed by atoms with Crippen molar-refractivity contribution < 1.29 is 14.7 Å². The molecule has 1 aromatic heterocycles. The van der Waals surface area contributed by atoms with E-state index in [2.05, 4.69) is 12.2 Å². The van der Waals surface area contributed by atoms with Gasteiger partial charge < -0.3 is 10.4 Å². The second kappa shape index (κ2) is 6.85. The molecule has 108 valence electrons. The van der Waals surface area contributed by atoms with E-state index < -0.39 is 5.97 Å². The van der Waals surface area contributed by atoms with Crippen LogP contribution in [0.1, 0.15) is 27.0 Å². The van der Waals surface area contributed by atoms with Crippen LogP contribution < -0.4 is 5.32 Å². The van der Waals surface area contributed by atoms with Crippen LogP contribution in [0.4, 0.5) is 5.69 Å². The van der Waals surface area contributed by atoms with E-state index in [-0.39, 0.29) is 5.91 Å². The second-order valence-electron chi connectivity index (χ2n) is 4.37. The van der Waals surface area contributed by atoms with Gasteiger partial charge in [0.15, 0.2) is 0 Å². The van der Waals surface area contributed by atoms with Gasteiger partial charge in [0.25, 0.3) is 5.91 Å². The third-order valence-corrected chi connectivity index (χ3v) is 4.05. The fourth-order valence-corrected chi connectivity index (χ4v) is 2.57. The van der Waals surface area contributed by atoms with E-state index in [0.717, 1.165) is 18.1 Å². The fourth-order valence-electron chi connectivity index (χ4n) is 1.73. The highest BCUT2D eigenvalue weighted by Crippen LogP contribution is 2.19. The first kappa shape index (κ1) is 15.0. The van der Waals surface area contributed by atoms with Crippen molar-refractivity contribution in [3.63, 3.8) is 0 Å². The zero-order valence-electron chi connectivity index (χ0n) is 11.5. The number of carbonyl (C=O) groups excluding carboxylic acids is 1. The number of carbonyl (C=O) groups is 2. The van der Waals surface area contributed by atoms with Gasteiger partial charge in [-0.25, -0.2) is 4.79 Å². The molecule has 5 heteroatoms. The molecule has 2 aromatic rings. The van der Waals surface area contributed by atoms with Gasteiger partial charge in [-0.3, -0.25) is 4.79 Å². The van der Waals surface area contributed by atoms with Crippen molar-refractivity contribution in [2.24, 2.45) is 0 Å². The van der Waals surface area contributed by atoms with E-state index in [1.165, 1.54) is 22.3 Å². The minimum Gasteiger partial charge on any atom is -0.478 e. The number of aliphatic carboxylic acids is 1. The maximum Gasteiger partial charge on any atom is 0.328 e. The standard InChI is InChI=1S/C16H15NO3S/c1-2-13-8-9-14(21-13)16(20)17-12-6-3-11(4-7-12)5-10-15(18)19/h3-10H,2H2,1H3,(H,17,20)(H,18,19)/b10-5+. The number of nitrogens with one attached hydrogen (secondary N) is 1. The number of aryl methyl sites for hydroxylation is 1. The molecule has 1 amide bonds. The molecule has 0 unspecified atom stereocenters. The Morgan fingerprint density at radius 3 is 2.48 bits per heavy atom. The summed E-state index contributed by atoms with van der Waals surface area (Å²) < 4.78 is 0. The van der Waals surface area contributed by atoms with E-state index in [4.69, 9.17) is 5.11 Å². The lowest BCUT2D eigenvalue weighted by molar-refractivity contribution is -0.131. The number of carboxylic acid groups (broad SMARTS) is 1. The molecule has 2 rings (SSSR count). The highest BCUT2D eigenvalue weighted by Gasteiger charge is 2.08. The summed E-state index contributed by atoms with van der Waals surface area (Å²) in [5.41, 5.74) is 1.44. The first-order chi connectivity index (χ1) is 10.1. The predicted octanol–water partition coefficient (Wildman–Crippen LogP) is 3.66. The molecule has 1 aromatic carbocycles. The molecule has 2 N–H and O–H groups in total. The van der Waals surface area contributed by atoms with Crippen LogP contribution in [0, 0.1) is 0 Å². The lowest BCUT2D eigenvalue weighted by Crippen LogP contribution is -2.09. The minimum atomic E-state index is -0.989. The first-order valence-corrected chi connectivity index (χ1v) is 7.31. The molecule has 21 heavy (non-hydrogen) atoms. The Labute approximate surface area is 126 Å². The Bertz CT molecular complexity index is 671. The molecular weight excluding hydrogens is 286 g/mol. The van der Waals surface area contributed by atoms with Gasteiger partial charge >= 0.3 is 5.97 Å². The third kappa shape index (κ3) is 4.29. The molecule has 0 aliphatic heterocycles. The third-order valence-electron chi connectivity index (χ3n) is 2.82. The molecular formula is C16H15NO3S. The monoisotopic (exact) mass is 301 g/mol. The van der Waals surface area contributed by atoms with Crippen LogP contribution in [0.15, 0.2) is 42.5 Å². The van der Waals surface area contributed by atoms with Crippen LogP contribution in [0.25, 0.3) is 6.08 Å². The van der Waals surface area contributed by atoms with Crippen molar-refractivity contribution in [3.8, 4) is 0 Å². The summed E-state index contributed by atoms with van der Waals surface area (Å²) in [6.45, 7) is 2.05. The van der Waals surface area contributed by atoms with Gasteiger partial charge in [0, 0.05) is 16.6 Å². The molecule has 4 nitrogen and oxygen atoms in total. The number of hydrogen-bond acceptors (Lipinski definition) is 3. The molecule has 0 atom stereocenters. The summed E-state index contributed by atoms with van der Waals surface area (Å²) in [5.74, 6) is -1.12. The Morgan fingerprint density at radius 2 is 1.90 bits per heavy atom. The van der Waals surface area contributed by atoms with E-state index >= 15 is 0 Å². The van der Waals surface area contributed by atoms with Gasteiger partial charge in [0.2, 0.25) is 0 Å². The van der Waals surface area contributed by atoms with Crippen LogP contribution in [0.2, 0.25) is 0 Å². The van der Waals surface area contributed by atoms with E-state index in [1.54, 1.807) is 24.3 Å². The molecule has 0 fully saturated rings. The summed E-state index contributed by atoms with van der Waals surface area (Å²) in [5, 5.41) is 11.4. The van der Waals surface area contributed by atoms with E-state index in [9.17, 15) is 9.59 Å². The van der Waals surface area contributed by atoms with Gasteiger partial charge in [-0.2, -0.15) is 0 Å². The number of anilines is 1. The van der Waals surface area contributed by atoms with Crippen molar-refractivity contribution >= 4 is 35.0 Å². The number of rotatable bonds is 5. The number of benzene rings is 1. The number of carboxylic acids is 1. The van der Waals surface area contributed by atoms with Gasteiger partial charge in [-0.15, -0.1) is 11.3 Å². The zero-order valence-corrected chi connectivity index (χ0v) is 12.3. The van der Waals surface area contributed by atoms with Crippen LogP contribution in [-0.4, -0.2) is 17.0 Å². The summed E-state index contributed by atoms with van der Waals surface area (Å²) in [6.07, 6.45) is 3.49. The lowest BCUT2D eigenvalue weighted by atomic mass is 10.2.